The van der Waals surface area contributed by atoms with Gasteiger partial charge in [-0.3, -0.25) is 9.59 Å². The number of carboxylic acid groups (broad SMARTS) is 1. The number of ether oxygens (including phenoxy) is 1. The van der Waals surface area contributed by atoms with Gasteiger partial charge in [0.1, 0.15) is 6.61 Å². The molecule has 172 valence electrons. The van der Waals surface area contributed by atoms with E-state index in [9.17, 15) is 14.7 Å². The summed E-state index contributed by atoms with van der Waals surface area (Å²) in [5.74, 6) is -1.000. The summed E-state index contributed by atoms with van der Waals surface area (Å²) in [5.41, 5.74) is 1.87. The molecule has 0 bridgehead atoms. The summed E-state index contributed by atoms with van der Waals surface area (Å²) in [5, 5.41) is 19.8. The van der Waals surface area contributed by atoms with Gasteiger partial charge in [0.15, 0.2) is 0 Å². The van der Waals surface area contributed by atoms with Gasteiger partial charge < -0.3 is 14.9 Å². The molecular formula is C23H29BrCl2O5. The van der Waals surface area contributed by atoms with Gasteiger partial charge in [-0.2, -0.15) is 0 Å². The van der Waals surface area contributed by atoms with E-state index < -0.39 is 12.1 Å². The van der Waals surface area contributed by atoms with Crippen LogP contribution in [0.25, 0.3) is 0 Å². The number of allylic oxidation sites excluding steroid dienone is 2. The van der Waals surface area contributed by atoms with Crippen molar-refractivity contribution in [3.8, 4) is 0 Å². The number of rotatable bonds is 11. The molecule has 1 aliphatic rings. The first-order valence-corrected chi connectivity index (χ1v) is 12.2. The molecule has 2 N–H and O–H groups in total. The summed E-state index contributed by atoms with van der Waals surface area (Å²) in [6, 6.07) is 5.66. The molecule has 0 radical (unpaired) electrons. The first kappa shape index (κ1) is 26.2. The van der Waals surface area contributed by atoms with Gasteiger partial charge in [-0.05, 0) is 67.2 Å². The zero-order valence-corrected chi connectivity index (χ0v) is 20.6. The van der Waals surface area contributed by atoms with Gasteiger partial charge in [-0.15, -0.1) is 11.6 Å². The number of carbonyl (C=O) groups excluding carboxylic acids is 1. The Balaban J connectivity index is 1.98. The third-order valence-corrected chi connectivity index (χ3v) is 7.82. The largest absolute Gasteiger partial charge is 0.481 e. The lowest BCUT2D eigenvalue weighted by Gasteiger charge is -2.22. The Labute approximate surface area is 201 Å². The molecule has 5 atom stereocenters. The summed E-state index contributed by atoms with van der Waals surface area (Å²) in [7, 11) is 0. The molecule has 1 aromatic rings. The fourth-order valence-electron chi connectivity index (χ4n) is 4.04. The molecule has 5 nitrogen and oxygen atoms in total. The molecule has 0 aliphatic heterocycles. The van der Waals surface area contributed by atoms with E-state index in [1.807, 2.05) is 24.3 Å². The zero-order chi connectivity index (χ0) is 23.0. The van der Waals surface area contributed by atoms with Crippen LogP contribution in [0.1, 0.15) is 50.2 Å². The second-order valence-corrected chi connectivity index (χ2v) is 9.98. The molecule has 0 saturated heterocycles. The number of aliphatic hydroxyl groups is 1. The summed E-state index contributed by atoms with van der Waals surface area (Å²) >= 11 is 16.4. The highest BCUT2D eigenvalue weighted by Gasteiger charge is 2.46. The van der Waals surface area contributed by atoms with Crippen molar-refractivity contribution in [2.45, 2.75) is 68.4 Å². The fraction of sp³-hybridized carbons (Fsp3) is 0.565. The SMILES string of the molecule is CC(=O)OCc1cc(Cl)cc(CC[C@H]2C(Cl)C(Br)C(O)[C@@H]2C/C=C\CCCC(=O)O)c1. The van der Waals surface area contributed by atoms with Gasteiger partial charge in [-0.1, -0.05) is 45.7 Å². The van der Waals surface area contributed by atoms with Crippen molar-refractivity contribution in [3.05, 3.63) is 46.5 Å². The van der Waals surface area contributed by atoms with E-state index >= 15 is 0 Å². The van der Waals surface area contributed by atoms with Crippen LogP contribution in [0.3, 0.4) is 0 Å². The molecule has 0 spiro atoms. The van der Waals surface area contributed by atoms with Gasteiger partial charge in [0.05, 0.1) is 16.3 Å². The number of aliphatic carboxylic acids is 1. The number of hydrogen-bond acceptors (Lipinski definition) is 4. The topological polar surface area (TPSA) is 83.8 Å². The first-order chi connectivity index (χ1) is 14.7. The summed E-state index contributed by atoms with van der Waals surface area (Å²) in [4.78, 5) is 21.5. The average molecular weight is 536 g/mol. The monoisotopic (exact) mass is 534 g/mol. The van der Waals surface area contributed by atoms with Crippen molar-refractivity contribution in [1.29, 1.82) is 0 Å². The number of carboxylic acids is 1. The average Bonchev–Trinajstić information content (AvgIpc) is 2.90. The Kier molecular flexibility index (Phi) is 10.8. The fourth-order valence-corrected chi connectivity index (χ4v) is 5.57. The Morgan fingerprint density at radius 3 is 2.58 bits per heavy atom. The Hall–Kier alpha value is -1.08. The van der Waals surface area contributed by atoms with E-state index in [0.29, 0.717) is 24.3 Å². The molecule has 1 saturated carbocycles. The Morgan fingerprint density at radius 2 is 1.90 bits per heavy atom. The van der Waals surface area contributed by atoms with Crippen molar-refractivity contribution in [1.82, 2.24) is 0 Å². The van der Waals surface area contributed by atoms with Gasteiger partial charge in [0, 0.05) is 18.4 Å². The maximum absolute atomic E-state index is 11.1. The van der Waals surface area contributed by atoms with Crippen LogP contribution in [-0.4, -0.2) is 38.5 Å². The Bertz CT molecular complexity index is 785. The van der Waals surface area contributed by atoms with Crippen LogP contribution in [0.15, 0.2) is 30.4 Å². The number of benzene rings is 1. The van der Waals surface area contributed by atoms with Gasteiger partial charge >= 0.3 is 11.9 Å². The van der Waals surface area contributed by atoms with Gasteiger partial charge in [-0.25, -0.2) is 0 Å². The second kappa shape index (κ2) is 12.8. The number of esters is 1. The molecule has 1 fully saturated rings. The lowest BCUT2D eigenvalue weighted by atomic mass is 9.86. The third-order valence-electron chi connectivity index (χ3n) is 5.59. The number of carbonyl (C=O) groups is 2. The van der Waals surface area contributed by atoms with E-state index in [0.717, 1.165) is 24.0 Å². The molecular weight excluding hydrogens is 507 g/mol. The maximum Gasteiger partial charge on any atom is 0.303 e. The molecule has 0 heterocycles. The highest BCUT2D eigenvalue weighted by Crippen LogP contribution is 2.44. The van der Waals surface area contributed by atoms with E-state index in [1.54, 1.807) is 6.07 Å². The lowest BCUT2D eigenvalue weighted by Crippen LogP contribution is -2.23. The second-order valence-electron chi connectivity index (χ2n) is 7.99. The molecule has 3 unspecified atom stereocenters. The van der Waals surface area contributed by atoms with Crippen molar-refractivity contribution < 1.29 is 24.5 Å². The number of hydrogen-bond donors (Lipinski definition) is 2. The van der Waals surface area contributed by atoms with Gasteiger partial charge in [0.25, 0.3) is 0 Å². The Morgan fingerprint density at radius 1 is 1.19 bits per heavy atom. The van der Waals surface area contributed by atoms with E-state index in [4.69, 9.17) is 33.0 Å². The quantitative estimate of drug-likeness (QED) is 0.169. The molecule has 1 aromatic carbocycles. The van der Waals surface area contributed by atoms with Crippen molar-refractivity contribution in [2.24, 2.45) is 11.8 Å². The van der Waals surface area contributed by atoms with Crippen LogP contribution in [0, 0.1) is 11.8 Å². The predicted octanol–water partition coefficient (Wildman–Crippen LogP) is 5.51. The van der Waals surface area contributed by atoms with E-state index in [2.05, 4.69) is 15.9 Å². The number of unbranched alkanes of at least 4 members (excludes halogenated alkanes) is 1. The minimum atomic E-state index is -0.788. The van der Waals surface area contributed by atoms with Gasteiger partial charge in [0.2, 0.25) is 0 Å². The highest BCUT2D eigenvalue weighted by molar-refractivity contribution is 9.09. The van der Waals surface area contributed by atoms with Crippen LogP contribution in [0.2, 0.25) is 5.02 Å². The summed E-state index contributed by atoms with van der Waals surface area (Å²) in [6.45, 7) is 1.55. The molecule has 2 rings (SSSR count). The van der Waals surface area contributed by atoms with Crippen LogP contribution in [-0.2, 0) is 27.4 Å². The zero-order valence-electron chi connectivity index (χ0n) is 17.5. The molecule has 0 amide bonds. The smallest absolute Gasteiger partial charge is 0.303 e. The number of aryl methyl sites for hydroxylation is 1. The van der Waals surface area contributed by atoms with E-state index in [-0.39, 0.29) is 41.0 Å². The van der Waals surface area contributed by atoms with E-state index in [1.165, 1.54) is 6.92 Å². The normalized spacial score (nSPS) is 25.8. The number of halogens is 3. The van der Waals surface area contributed by atoms with Crippen molar-refractivity contribution in [2.75, 3.05) is 0 Å². The highest BCUT2D eigenvalue weighted by atomic mass is 79.9. The van der Waals surface area contributed by atoms with Crippen LogP contribution < -0.4 is 0 Å². The first-order valence-electron chi connectivity index (χ1n) is 10.4. The van der Waals surface area contributed by atoms with Crippen molar-refractivity contribution in [3.63, 3.8) is 0 Å². The van der Waals surface area contributed by atoms with Crippen LogP contribution in [0.5, 0.6) is 0 Å². The van der Waals surface area contributed by atoms with Crippen molar-refractivity contribution >= 4 is 51.1 Å². The van der Waals surface area contributed by atoms with Crippen LogP contribution >= 0.6 is 39.1 Å². The van der Waals surface area contributed by atoms with Crippen LogP contribution in [0.4, 0.5) is 0 Å². The lowest BCUT2D eigenvalue weighted by molar-refractivity contribution is -0.142. The number of alkyl halides is 2. The predicted molar refractivity (Wildman–Crippen MR) is 126 cm³/mol. The number of aliphatic hydroxyl groups excluding tert-OH is 1. The maximum atomic E-state index is 11.1. The minimum Gasteiger partial charge on any atom is -0.481 e. The molecule has 1 aliphatic carbocycles. The summed E-state index contributed by atoms with van der Waals surface area (Å²) < 4.78 is 5.07. The molecule has 0 aromatic heterocycles. The molecule has 8 heteroatoms. The molecule has 31 heavy (non-hydrogen) atoms. The third kappa shape index (κ3) is 8.41. The standard InChI is InChI=1S/C23H29BrCl2O5/c1-14(27)31-13-16-10-15(11-17(25)12-16)8-9-18-19(23(30)21(24)22(18)26)6-4-2-3-5-7-20(28)29/h2,4,10-12,18-19,21-23,30H,3,5-9,13H2,1H3,(H,28,29)/b4-2-/t18-,19-,21?,22?,23?/m1/s1. The minimum absolute atomic E-state index is 0.0160. The summed E-state index contributed by atoms with van der Waals surface area (Å²) in [6.07, 6.45) is 7.15.